The second kappa shape index (κ2) is 6.29. The van der Waals surface area contributed by atoms with Crippen LogP contribution in [0.15, 0.2) is 42.6 Å². The van der Waals surface area contributed by atoms with Gasteiger partial charge < -0.3 is 11.1 Å². The number of hydrogen-bond acceptors (Lipinski definition) is 4. The van der Waals surface area contributed by atoms with Crippen LogP contribution in [0.25, 0.3) is 11.1 Å². The van der Waals surface area contributed by atoms with Gasteiger partial charge in [0.1, 0.15) is 23.1 Å². The van der Waals surface area contributed by atoms with Crippen molar-refractivity contribution in [2.45, 2.75) is 0 Å². The average Bonchev–Trinajstić information content (AvgIpc) is 2.95. The van der Waals surface area contributed by atoms with Crippen LogP contribution >= 0.6 is 11.6 Å². The third-order valence-corrected chi connectivity index (χ3v) is 3.75. The summed E-state index contributed by atoms with van der Waals surface area (Å²) in [6.07, 6.45) is 1.52. The minimum Gasteiger partial charge on any atom is -0.383 e. The number of pyridine rings is 1. The van der Waals surface area contributed by atoms with Crippen molar-refractivity contribution in [2.75, 3.05) is 11.1 Å². The van der Waals surface area contributed by atoms with Gasteiger partial charge in [0.2, 0.25) is 0 Å². The molecular formula is C16H13ClFN5O. The Morgan fingerprint density at radius 3 is 2.62 bits per heavy atom. The monoisotopic (exact) mass is 345 g/mol. The molecule has 0 saturated carbocycles. The van der Waals surface area contributed by atoms with Crippen molar-refractivity contribution < 1.29 is 9.18 Å². The molecule has 1 aromatic carbocycles. The van der Waals surface area contributed by atoms with E-state index in [0.29, 0.717) is 22.6 Å². The van der Waals surface area contributed by atoms with Crippen LogP contribution in [0, 0.1) is 5.82 Å². The molecule has 24 heavy (non-hydrogen) atoms. The van der Waals surface area contributed by atoms with Crippen molar-refractivity contribution in [3.63, 3.8) is 0 Å². The van der Waals surface area contributed by atoms with Crippen molar-refractivity contribution in [3.8, 4) is 11.1 Å². The molecular weight excluding hydrogens is 333 g/mol. The first-order valence-electron chi connectivity index (χ1n) is 6.97. The van der Waals surface area contributed by atoms with Crippen molar-refractivity contribution in [1.82, 2.24) is 14.8 Å². The Morgan fingerprint density at radius 1 is 1.25 bits per heavy atom. The van der Waals surface area contributed by atoms with E-state index in [0.717, 1.165) is 0 Å². The van der Waals surface area contributed by atoms with Gasteiger partial charge in [0.25, 0.3) is 5.91 Å². The van der Waals surface area contributed by atoms with E-state index in [2.05, 4.69) is 15.4 Å². The predicted molar refractivity (Wildman–Crippen MR) is 90.2 cm³/mol. The molecule has 0 radical (unpaired) electrons. The molecule has 0 unspecified atom stereocenters. The van der Waals surface area contributed by atoms with Gasteiger partial charge in [-0.05, 0) is 36.4 Å². The van der Waals surface area contributed by atoms with Crippen molar-refractivity contribution in [1.29, 1.82) is 0 Å². The van der Waals surface area contributed by atoms with E-state index in [4.69, 9.17) is 17.3 Å². The van der Waals surface area contributed by atoms with Crippen LogP contribution in [0.3, 0.4) is 0 Å². The second-order valence-corrected chi connectivity index (χ2v) is 5.45. The second-order valence-electron chi connectivity index (χ2n) is 5.05. The maximum absolute atomic E-state index is 13.2. The van der Waals surface area contributed by atoms with Crippen LogP contribution < -0.4 is 11.1 Å². The molecule has 0 atom stereocenters. The van der Waals surface area contributed by atoms with E-state index < -0.39 is 5.82 Å². The number of nitrogen functional groups attached to an aromatic ring is 1. The number of nitrogens with two attached hydrogens (primary N) is 1. The molecule has 3 rings (SSSR count). The number of carbonyl (C=O) groups is 1. The highest BCUT2D eigenvalue weighted by Gasteiger charge is 2.13. The fourth-order valence-electron chi connectivity index (χ4n) is 2.26. The lowest BCUT2D eigenvalue weighted by Gasteiger charge is -2.10. The molecule has 1 amide bonds. The van der Waals surface area contributed by atoms with Gasteiger partial charge in [0, 0.05) is 24.4 Å². The number of anilines is 2. The largest absolute Gasteiger partial charge is 0.383 e. The first-order valence-corrected chi connectivity index (χ1v) is 7.35. The fourth-order valence-corrected chi connectivity index (χ4v) is 2.53. The minimum absolute atomic E-state index is 0.173. The van der Waals surface area contributed by atoms with E-state index in [1.807, 2.05) is 0 Å². The molecule has 2 heterocycles. The Bertz CT molecular complexity index is 925. The Labute approximate surface area is 142 Å². The number of benzene rings is 1. The summed E-state index contributed by atoms with van der Waals surface area (Å²) in [5.74, 6) is -0.322. The Balaban J connectivity index is 1.87. The highest BCUT2D eigenvalue weighted by Crippen LogP contribution is 2.32. The summed E-state index contributed by atoms with van der Waals surface area (Å²) in [5.41, 5.74) is 7.46. The number of amides is 1. The molecule has 2 aromatic heterocycles. The number of nitrogens with zero attached hydrogens (tertiary/aromatic N) is 3. The number of nitrogens with one attached hydrogen (secondary N) is 1. The fraction of sp³-hybridized carbons (Fsp3) is 0.0625. The number of rotatable bonds is 3. The normalized spacial score (nSPS) is 10.6. The van der Waals surface area contributed by atoms with Gasteiger partial charge in [-0.15, -0.1) is 0 Å². The molecule has 0 fully saturated rings. The van der Waals surface area contributed by atoms with Gasteiger partial charge in [-0.1, -0.05) is 11.6 Å². The van der Waals surface area contributed by atoms with E-state index in [1.165, 1.54) is 29.1 Å². The molecule has 3 aromatic rings. The highest BCUT2D eigenvalue weighted by molar-refractivity contribution is 6.33. The first-order chi connectivity index (χ1) is 11.5. The van der Waals surface area contributed by atoms with E-state index in [-0.39, 0.29) is 16.7 Å². The van der Waals surface area contributed by atoms with E-state index in [1.54, 1.807) is 25.2 Å². The quantitative estimate of drug-likeness (QED) is 0.763. The van der Waals surface area contributed by atoms with Gasteiger partial charge >= 0.3 is 0 Å². The summed E-state index contributed by atoms with van der Waals surface area (Å²) in [4.78, 5) is 16.3. The van der Waals surface area contributed by atoms with E-state index in [9.17, 15) is 9.18 Å². The molecule has 8 heteroatoms. The maximum atomic E-state index is 13.2. The molecule has 0 bridgehead atoms. The molecule has 0 aliphatic rings. The Kier molecular flexibility index (Phi) is 4.18. The number of hydrogen-bond donors (Lipinski definition) is 2. The molecule has 0 aliphatic carbocycles. The third kappa shape index (κ3) is 3.07. The molecule has 122 valence electrons. The zero-order valence-corrected chi connectivity index (χ0v) is 13.4. The lowest BCUT2D eigenvalue weighted by molar-refractivity contribution is 0.101. The predicted octanol–water partition coefficient (Wildman–Crippen LogP) is 3.11. The van der Waals surface area contributed by atoms with Gasteiger partial charge in [-0.3, -0.25) is 9.48 Å². The standard InChI is InChI=1S/C16H13ClFN5O/c1-23-13(6-7-20-23)16(24)22-14-5-4-11(15(19)21-14)10-3-2-9(18)8-12(10)17/h2-8H,1H3,(H3,19,21,22,24). The molecule has 3 N–H and O–H groups in total. The summed E-state index contributed by atoms with van der Waals surface area (Å²) >= 11 is 6.04. The smallest absolute Gasteiger partial charge is 0.275 e. The van der Waals surface area contributed by atoms with Crippen molar-refractivity contribution in [2.24, 2.45) is 7.05 Å². The van der Waals surface area contributed by atoms with Crippen molar-refractivity contribution >= 4 is 29.1 Å². The molecule has 0 spiro atoms. The van der Waals surface area contributed by atoms with Crippen LogP contribution in [-0.4, -0.2) is 20.7 Å². The molecule has 0 aliphatic heterocycles. The number of halogens is 2. The number of carbonyl (C=O) groups excluding carboxylic acids is 1. The maximum Gasteiger partial charge on any atom is 0.275 e. The topological polar surface area (TPSA) is 85.8 Å². The summed E-state index contributed by atoms with van der Waals surface area (Å²) in [6, 6.07) is 8.87. The molecule has 6 nitrogen and oxygen atoms in total. The Morgan fingerprint density at radius 2 is 2.00 bits per heavy atom. The summed E-state index contributed by atoms with van der Waals surface area (Å²) < 4.78 is 14.6. The van der Waals surface area contributed by atoms with Crippen LogP contribution in [0.2, 0.25) is 5.02 Å². The highest BCUT2D eigenvalue weighted by atomic mass is 35.5. The zero-order valence-electron chi connectivity index (χ0n) is 12.6. The van der Waals surface area contributed by atoms with Gasteiger partial charge in [0.05, 0.1) is 5.02 Å². The van der Waals surface area contributed by atoms with Crippen LogP contribution in [0.1, 0.15) is 10.5 Å². The van der Waals surface area contributed by atoms with Crippen molar-refractivity contribution in [3.05, 3.63) is 59.1 Å². The third-order valence-electron chi connectivity index (χ3n) is 3.44. The van der Waals surface area contributed by atoms with Crippen LogP contribution in [0.5, 0.6) is 0 Å². The summed E-state index contributed by atoms with van der Waals surface area (Å²) in [5, 5.41) is 6.81. The average molecular weight is 346 g/mol. The van der Waals surface area contributed by atoms with Gasteiger partial charge in [0.15, 0.2) is 0 Å². The van der Waals surface area contributed by atoms with Crippen LogP contribution in [0.4, 0.5) is 16.0 Å². The first kappa shape index (κ1) is 15.9. The van der Waals surface area contributed by atoms with Gasteiger partial charge in [-0.25, -0.2) is 9.37 Å². The Hall–Kier alpha value is -2.93. The number of aryl methyl sites for hydroxylation is 1. The lowest BCUT2D eigenvalue weighted by atomic mass is 10.1. The lowest BCUT2D eigenvalue weighted by Crippen LogP contribution is -2.17. The number of aromatic nitrogens is 3. The minimum atomic E-state index is -0.435. The summed E-state index contributed by atoms with van der Waals surface area (Å²) in [7, 11) is 1.66. The van der Waals surface area contributed by atoms with E-state index >= 15 is 0 Å². The molecule has 0 saturated heterocycles. The zero-order chi connectivity index (χ0) is 17.3. The summed E-state index contributed by atoms with van der Waals surface area (Å²) in [6.45, 7) is 0. The SMILES string of the molecule is Cn1nccc1C(=O)Nc1ccc(-c2ccc(F)cc2Cl)c(N)n1. The van der Waals surface area contributed by atoms with Crippen LogP contribution in [-0.2, 0) is 7.05 Å². The van der Waals surface area contributed by atoms with Gasteiger partial charge in [-0.2, -0.15) is 5.10 Å².